The molecule has 158 valence electrons. The Bertz CT molecular complexity index is 907. The third-order valence-electron chi connectivity index (χ3n) is 5.12. The smallest absolute Gasteiger partial charge is 0.338 e. The lowest BCUT2D eigenvalue weighted by atomic mass is 9.95. The molecule has 2 N–H and O–H groups in total. The standard InChI is InChI=1S/C24H29N3O3/c1-4-15-30-23(28)21-17(3)25-24(29)26-22(21)19-11-13-20(14-12-19)27(5-2)16-18-9-7-6-8-10-18/h6-14,22H,4-5,15-16H2,1-3H3,(H2,25,26,29). The van der Waals surface area contributed by atoms with Crippen molar-refractivity contribution in [1.82, 2.24) is 10.6 Å². The zero-order valence-corrected chi connectivity index (χ0v) is 17.8. The second-order valence-corrected chi connectivity index (χ2v) is 7.30. The summed E-state index contributed by atoms with van der Waals surface area (Å²) in [6.07, 6.45) is 0.742. The van der Waals surface area contributed by atoms with E-state index in [1.54, 1.807) is 6.92 Å². The molecule has 1 heterocycles. The summed E-state index contributed by atoms with van der Waals surface area (Å²) in [5.41, 5.74) is 4.13. The molecule has 0 saturated heterocycles. The van der Waals surface area contributed by atoms with Crippen LogP contribution in [0.25, 0.3) is 0 Å². The van der Waals surface area contributed by atoms with Gasteiger partial charge < -0.3 is 20.3 Å². The highest BCUT2D eigenvalue weighted by molar-refractivity contribution is 5.95. The van der Waals surface area contributed by atoms with E-state index in [9.17, 15) is 9.59 Å². The average molecular weight is 408 g/mol. The Morgan fingerprint density at radius 2 is 1.77 bits per heavy atom. The quantitative estimate of drug-likeness (QED) is 0.641. The molecule has 0 bridgehead atoms. The van der Waals surface area contributed by atoms with Crippen LogP contribution in [0.2, 0.25) is 0 Å². The Morgan fingerprint density at radius 3 is 2.40 bits per heavy atom. The van der Waals surface area contributed by atoms with Gasteiger partial charge in [0.05, 0.1) is 18.2 Å². The summed E-state index contributed by atoms with van der Waals surface area (Å²) in [4.78, 5) is 26.9. The molecule has 0 radical (unpaired) electrons. The average Bonchev–Trinajstić information content (AvgIpc) is 2.76. The maximum atomic E-state index is 12.6. The van der Waals surface area contributed by atoms with Crippen molar-refractivity contribution in [2.45, 2.75) is 39.8 Å². The van der Waals surface area contributed by atoms with Crippen molar-refractivity contribution in [1.29, 1.82) is 0 Å². The number of anilines is 1. The van der Waals surface area contributed by atoms with Crippen LogP contribution < -0.4 is 15.5 Å². The number of carbonyl (C=O) groups excluding carboxylic acids is 2. The number of nitrogens with one attached hydrogen (secondary N) is 2. The van der Waals surface area contributed by atoms with E-state index in [0.29, 0.717) is 17.9 Å². The molecular weight excluding hydrogens is 378 g/mol. The minimum atomic E-state index is -0.540. The van der Waals surface area contributed by atoms with Gasteiger partial charge in [-0.1, -0.05) is 49.4 Å². The number of rotatable bonds is 8. The summed E-state index contributed by atoms with van der Waals surface area (Å²) < 4.78 is 5.34. The van der Waals surface area contributed by atoms with Gasteiger partial charge in [-0.3, -0.25) is 0 Å². The summed E-state index contributed by atoms with van der Waals surface area (Å²) in [7, 11) is 0. The van der Waals surface area contributed by atoms with Gasteiger partial charge in [-0.2, -0.15) is 0 Å². The molecule has 6 nitrogen and oxygen atoms in total. The zero-order valence-electron chi connectivity index (χ0n) is 17.8. The second kappa shape index (κ2) is 9.96. The molecule has 6 heteroatoms. The molecule has 0 saturated carbocycles. The number of esters is 1. The minimum Gasteiger partial charge on any atom is -0.462 e. The van der Waals surface area contributed by atoms with Crippen LogP contribution in [0.1, 0.15) is 44.4 Å². The lowest BCUT2D eigenvalue weighted by Crippen LogP contribution is -2.45. The number of nitrogens with zero attached hydrogens (tertiary/aromatic N) is 1. The highest BCUT2D eigenvalue weighted by atomic mass is 16.5. The van der Waals surface area contributed by atoms with Crippen LogP contribution >= 0.6 is 0 Å². The lowest BCUT2D eigenvalue weighted by Gasteiger charge is -2.29. The van der Waals surface area contributed by atoms with Crippen molar-refractivity contribution >= 4 is 17.7 Å². The van der Waals surface area contributed by atoms with Crippen LogP contribution in [0.15, 0.2) is 65.9 Å². The molecule has 2 aromatic carbocycles. The molecule has 3 rings (SSSR count). The van der Waals surface area contributed by atoms with Crippen molar-refractivity contribution in [2.24, 2.45) is 0 Å². The molecule has 1 atom stereocenters. The first kappa shape index (κ1) is 21.4. The number of carbonyl (C=O) groups is 2. The van der Waals surface area contributed by atoms with E-state index in [-0.39, 0.29) is 6.03 Å². The Balaban J connectivity index is 1.83. The zero-order chi connectivity index (χ0) is 21.5. The summed E-state index contributed by atoms with van der Waals surface area (Å²) >= 11 is 0. The number of ether oxygens (including phenoxy) is 1. The highest BCUT2D eigenvalue weighted by Crippen LogP contribution is 2.29. The van der Waals surface area contributed by atoms with Gasteiger partial charge >= 0.3 is 12.0 Å². The van der Waals surface area contributed by atoms with Gasteiger partial charge in [0, 0.05) is 24.5 Å². The van der Waals surface area contributed by atoms with Crippen LogP contribution in [0.5, 0.6) is 0 Å². The largest absolute Gasteiger partial charge is 0.462 e. The number of hydrogen-bond donors (Lipinski definition) is 2. The topological polar surface area (TPSA) is 70.7 Å². The molecule has 1 unspecified atom stereocenters. The van der Waals surface area contributed by atoms with Gasteiger partial charge in [0.1, 0.15) is 0 Å². The number of benzene rings is 2. The molecule has 0 aliphatic carbocycles. The first-order chi connectivity index (χ1) is 14.5. The fourth-order valence-corrected chi connectivity index (χ4v) is 3.55. The summed E-state index contributed by atoms with van der Waals surface area (Å²) in [6.45, 7) is 7.82. The van der Waals surface area contributed by atoms with Gasteiger partial charge in [0.2, 0.25) is 0 Å². The molecule has 0 fully saturated rings. The molecule has 2 amide bonds. The van der Waals surface area contributed by atoms with Crippen molar-refractivity contribution in [2.75, 3.05) is 18.1 Å². The van der Waals surface area contributed by atoms with Crippen LogP contribution in [0.4, 0.5) is 10.5 Å². The Morgan fingerprint density at radius 1 is 1.07 bits per heavy atom. The van der Waals surface area contributed by atoms with Crippen LogP contribution in [0, 0.1) is 0 Å². The molecule has 1 aliphatic rings. The first-order valence-corrected chi connectivity index (χ1v) is 10.4. The van der Waals surface area contributed by atoms with E-state index >= 15 is 0 Å². The third kappa shape index (κ3) is 5.00. The van der Waals surface area contributed by atoms with Gasteiger partial charge in [-0.25, -0.2) is 9.59 Å². The highest BCUT2D eigenvalue weighted by Gasteiger charge is 2.32. The van der Waals surface area contributed by atoms with Crippen molar-refractivity contribution in [3.05, 3.63) is 77.0 Å². The van der Waals surface area contributed by atoms with Gasteiger partial charge in [-0.15, -0.1) is 0 Å². The van der Waals surface area contributed by atoms with Gasteiger partial charge in [-0.05, 0) is 43.5 Å². The first-order valence-electron chi connectivity index (χ1n) is 10.4. The SMILES string of the molecule is CCCOC(=O)C1=C(C)NC(=O)NC1c1ccc(N(CC)Cc2ccccc2)cc1. The number of allylic oxidation sites excluding steroid dienone is 1. The molecule has 0 aromatic heterocycles. The van der Waals surface area contributed by atoms with E-state index in [0.717, 1.165) is 30.8 Å². The van der Waals surface area contributed by atoms with Gasteiger partial charge in [0.25, 0.3) is 0 Å². The maximum Gasteiger partial charge on any atom is 0.338 e. The fraction of sp³-hybridized carbons (Fsp3) is 0.333. The molecule has 2 aromatic rings. The predicted molar refractivity (Wildman–Crippen MR) is 118 cm³/mol. The second-order valence-electron chi connectivity index (χ2n) is 7.30. The van der Waals surface area contributed by atoms with E-state index in [4.69, 9.17) is 4.74 Å². The summed E-state index contributed by atoms with van der Waals surface area (Å²) in [6, 6.07) is 17.4. The fourth-order valence-electron chi connectivity index (χ4n) is 3.55. The van der Waals surface area contributed by atoms with E-state index in [1.165, 1.54) is 5.56 Å². The van der Waals surface area contributed by atoms with Crippen LogP contribution in [-0.2, 0) is 16.1 Å². The number of urea groups is 1. The minimum absolute atomic E-state index is 0.326. The molecule has 0 spiro atoms. The maximum absolute atomic E-state index is 12.6. The number of amides is 2. The molecular formula is C24H29N3O3. The summed E-state index contributed by atoms with van der Waals surface area (Å²) in [5.74, 6) is -0.407. The summed E-state index contributed by atoms with van der Waals surface area (Å²) in [5, 5.41) is 5.52. The number of hydrogen-bond acceptors (Lipinski definition) is 4. The van der Waals surface area contributed by atoms with E-state index < -0.39 is 12.0 Å². The normalized spacial score (nSPS) is 16.0. The van der Waals surface area contributed by atoms with Crippen molar-refractivity contribution in [3.8, 4) is 0 Å². The predicted octanol–water partition coefficient (Wildman–Crippen LogP) is 4.29. The van der Waals surface area contributed by atoms with E-state index in [2.05, 4.69) is 34.6 Å². The van der Waals surface area contributed by atoms with E-state index in [1.807, 2.05) is 49.4 Å². The van der Waals surface area contributed by atoms with Crippen LogP contribution in [0.3, 0.4) is 0 Å². The lowest BCUT2D eigenvalue weighted by molar-refractivity contribution is -0.139. The molecule has 30 heavy (non-hydrogen) atoms. The Kier molecular flexibility index (Phi) is 7.12. The molecule has 1 aliphatic heterocycles. The van der Waals surface area contributed by atoms with Crippen LogP contribution in [-0.4, -0.2) is 25.2 Å². The third-order valence-corrected chi connectivity index (χ3v) is 5.12. The Labute approximate surface area is 177 Å². The monoisotopic (exact) mass is 407 g/mol. The Hall–Kier alpha value is -3.28. The van der Waals surface area contributed by atoms with Crippen molar-refractivity contribution < 1.29 is 14.3 Å². The van der Waals surface area contributed by atoms with Gasteiger partial charge in [0.15, 0.2) is 0 Å². The van der Waals surface area contributed by atoms with Crippen molar-refractivity contribution in [3.63, 3.8) is 0 Å².